The predicted octanol–water partition coefficient (Wildman–Crippen LogP) is 2.20. The third-order valence-corrected chi connectivity index (χ3v) is 1.86. The monoisotopic (exact) mass is 194 g/mol. The third kappa shape index (κ3) is 1.59. The van der Waals surface area contributed by atoms with Crippen LogP contribution in [0.15, 0.2) is 28.7 Å². The summed E-state index contributed by atoms with van der Waals surface area (Å²) in [6.07, 6.45) is -0.184. The molecule has 0 unspecified atom stereocenters. The maximum atomic E-state index is 12.7. The molecular weight excluding hydrogens is 187 g/mol. The van der Waals surface area contributed by atoms with Gasteiger partial charge in [0.25, 0.3) is 0 Å². The Bertz CT molecular complexity index is 487. The van der Waals surface area contributed by atoms with E-state index in [9.17, 15) is 9.18 Å². The van der Waals surface area contributed by atoms with Gasteiger partial charge in [-0.2, -0.15) is 0 Å². The molecule has 4 heteroatoms. The van der Waals surface area contributed by atoms with Gasteiger partial charge in [0.05, 0.1) is 0 Å². The average Bonchev–Trinajstić information content (AvgIpc) is 2.44. The summed E-state index contributed by atoms with van der Waals surface area (Å²) in [5, 5.41) is 9.22. The van der Waals surface area contributed by atoms with E-state index in [4.69, 9.17) is 9.52 Å². The van der Waals surface area contributed by atoms with Gasteiger partial charge in [0.2, 0.25) is 0 Å². The van der Waals surface area contributed by atoms with Gasteiger partial charge < -0.3 is 9.52 Å². The fraction of sp³-hybridized carbons (Fsp3) is 0.100. The quantitative estimate of drug-likeness (QED) is 0.797. The molecule has 2 rings (SSSR count). The zero-order valence-electron chi connectivity index (χ0n) is 7.16. The van der Waals surface area contributed by atoms with Crippen LogP contribution in [0.5, 0.6) is 0 Å². The summed E-state index contributed by atoms with van der Waals surface area (Å²) < 4.78 is 17.9. The maximum absolute atomic E-state index is 12.7. The molecular formula is C10H7FO3. The lowest BCUT2D eigenvalue weighted by molar-refractivity contribution is -0.136. The summed E-state index contributed by atoms with van der Waals surface area (Å²) in [5.74, 6) is -1.03. The summed E-state index contributed by atoms with van der Waals surface area (Å²) in [6.45, 7) is 0. The van der Waals surface area contributed by atoms with Crippen molar-refractivity contribution in [3.63, 3.8) is 0 Å². The smallest absolute Gasteiger partial charge is 0.311 e. The van der Waals surface area contributed by atoms with Gasteiger partial charge in [-0.25, -0.2) is 4.39 Å². The lowest BCUT2D eigenvalue weighted by atomic mass is 10.2. The van der Waals surface area contributed by atoms with Gasteiger partial charge in [0, 0.05) is 11.5 Å². The van der Waals surface area contributed by atoms with Gasteiger partial charge in [-0.05, 0) is 18.2 Å². The number of benzene rings is 1. The number of carboxylic acid groups (broad SMARTS) is 1. The van der Waals surface area contributed by atoms with Crippen LogP contribution >= 0.6 is 0 Å². The van der Waals surface area contributed by atoms with E-state index < -0.39 is 11.8 Å². The van der Waals surface area contributed by atoms with E-state index in [1.54, 1.807) is 12.1 Å². The van der Waals surface area contributed by atoms with Crippen molar-refractivity contribution in [2.24, 2.45) is 0 Å². The number of aliphatic carboxylic acids is 1. The van der Waals surface area contributed by atoms with Crippen LogP contribution in [-0.2, 0) is 11.2 Å². The van der Waals surface area contributed by atoms with Gasteiger partial charge in [-0.15, -0.1) is 0 Å². The van der Waals surface area contributed by atoms with E-state index in [1.807, 2.05) is 0 Å². The van der Waals surface area contributed by atoms with Gasteiger partial charge in [-0.1, -0.05) is 0 Å². The second kappa shape index (κ2) is 3.14. The lowest BCUT2D eigenvalue weighted by Gasteiger charge is -1.88. The van der Waals surface area contributed by atoms with Crippen molar-refractivity contribution < 1.29 is 18.7 Å². The number of halogens is 1. The van der Waals surface area contributed by atoms with E-state index in [0.717, 1.165) is 0 Å². The van der Waals surface area contributed by atoms with Crippen LogP contribution in [0.4, 0.5) is 4.39 Å². The molecule has 1 heterocycles. The van der Waals surface area contributed by atoms with Crippen LogP contribution in [0.25, 0.3) is 11.0 Å². The molecule has 0 aliphatic rings. The second-order valence-electron chi connectivity index (χ2n) is 2.97. The van der Waals surface area contributed by atoms with Crippen molar-refractivity contribution in [3.8, 4) is 0 Å². The van der Waals surface area contributed by atoms with Crippen LogP contribution < -0.4 is 0 Å². The Morgan fingerprint density at radius 1 is 1.43 bits per heavy atom. The van der Waals surface area contributed by atoms with Crippen molar-refractivity contribution in [1.82, 2.24) is 0 Å². The molecule has 72 valence electrons. The lowest BCUT2D eigenvalue weighted by Crippen LogP contribution is -1.97. The van der Waals surface area contributed by atoms with E-state index in [2.05, 4.69) is 0 Å². The maximum Gasteiger partial charge on any atom is 0.311 e. The Balaban J connectivity index is 2.46. The third-order valence-electron chi connectivity index (χ3n) is 1.86. The van der Waals surface area contributed by atoms with Crippen molar-refractivity contribution in [2.75, 3.05) is 0 Å². The molecule has 1 aromatic heterocycles. The van der Waals surface area contributed by atoms with Gasteiger partial charge >= 0.3 is 5.97 Å². The van der Waals surface area contributed by atoms with Gasteiger partial charge in [-0.3, -0.25) is 4.79 Å². The van der Waals surface area contributed by atoms with E-state index in [1.165, 1.54) is 12.1 Å². The molecule has 0 aliphatic heterocycles. The molecule has 2 aromatic rings. The summed E-state index contributed by atoms with van der Waals surface area (Å²) >= 11 is 0. The molecule has 0 atom stereocenters. The molecule has 0 aliphatic carbocycles. The molecule has 0 fully saturated rings. The van der Waals surface area contributed by atoms with E-state index in [-0.39, 0.29) is 6.42 Å². The van der Waals surface area contributed by atoms with Crippen molar-refractivity contribution in [1.29, 1.82) is 0 Å². The van der Waals surface area contributed by atoms with Gasteiger partial charge in [0.1, 0.15) is 23.6 Å². The Hall–Kier alpha value is -1.84. The van der Waals surface area contributed by atoms with Crippen LogP contribution in [0.2, 0.25) is 0 Å². The first-order chi connectivity index (χ1) is 6.65. The molecule has 14 heavy (non-hydrogen) atoms. The molecule has 3 nitrogen and oxygen atoms in total. The number of furan rings is 1. The zero-order valence-corrected chi connectivity index (χ0v) is 7.16. The Labute approximate surface area is 78.8 Å². The van der Waals surface area contributed by atoms with Crippen LogP contribution in [0.3, 0.4) is 0 Å². The number of rotatable bonds is 2. The molecule has 0 bridgehead atoms. The first-order valence-corrected chi connectivity index (χ1v) is 4.05. The van der Waals surface area contributed by atoms with Crippen LogP contribution in [0, 0.1) is 5.82 Å². The summed E-state index contributed by atoms with van der Waals surface area (Å²) in [4.78, 5) is 10.4. The second-order valence-corrected chi connectivity index (χ2v) is 2.97. The first kappa shape index (κ1) is 8.74. The van der Waals surface area contributed by atoms with Crippen LogP contribution in [0.1, 0.15) is 5.76 Å². The normalized spacial score (nSPS) is 10.6. The molecule has 0 saturated carbocycles. The topological polar surface area (TPSA) is 50.4 Å². The highest BCUT2D eigenvalue weighted by Crippen LogP contribution is 2.20. The van der Waals surface area contributed by atoms with E-state index in [0.29, 0.717) is 16.7 Å². The summed E-state index contributed by atoms with van der Waals surface area (Å²) in [7, 11) is 0. The largest absolute Gasteiger partial charge is 0.481 e. The first-order valence-electron chi connectivity index (χ1n) is 4.05. The highest BCUT2D eigenvalue weighted by atomic mass is 19.1. The van der Waals surface area contributed by atoms with Crippen LogP contribution in [-0.4, -0.2) is 11.1 Å². The SMILES string of the molecule is O=C(O)Cc1cc2ccc(F)cc2o1. The zero-order chi connectivity index (χ0) is 10.1. The van der Waals surface area contributed by atoms with E-state index >= 15 is 0 Å². The fourth-order valence-corrected chi connectivity index (χ4v) is 1.30. The highest BCUT2D eigenvalue weighted by molar-refractivity contribution is 5.79. The minimum atomic E-state index is -0.968. The minimum absolute atomic E-state index is 0.184. The van der Waals surface area contributed by atoms with Crippen molar-refractivity contribution >= 4 is 16.9 Å². The fourth-order valence-electron chi connectivity index (χ4n) is 1.30. The average molecular weight is 194 g/mol. The molecule has 1 aromatic carbocycles. The molecule has 0 saturated heterocycles. The van der Waals surface area contributed by atoms with Gasteiger partial charge in [0.15, 0.2) is 0 Å². The number of hydrogen-bond acceptors (Lipinski definition) is 2. The highest BCUT2D eigenvalue weighted by Gasteiger charge is 2.07. The summed E-state index contributed by atoms with van der Waals surface area (Å²) in [6, 6.07) is 5.70. The number of carboxylic acids is 1. The number of hydrogen-bond donors (Lipinski definition) is 1. The Morgan fingerprint density at radius 3 is 2.93 bits per heavy atom. The number of carbonyl (C=O) groups is 1. The number of fused-ring (bicyclic) bond motifs is 1. The summed E-state index contributed by atoms with van der Waals surface area (Å²) in [5.41, 5.74) is 0.376. The molecule has 1 N–H and O–H groups in total. The van der Waals surface area contributed by atoms with Crippen molar-refractivity contribution in [3.05, 3.63) is 35.8 Å². The minimum Gasteiger partial charge on any atom is -0.481 e. The molecule has 0 spiro atoms. The molecule has 0 radical (unpaired) electrons. The Kier molecular flexibility index (Phi) is 1.96. The Morgan fingerprint density at radius 2 is 2.21 bits per heavy atom. The molecule has 0 amide bonds. The standard InChI is InChI=1S/C10H7FO3/c11-7-2-1-6-3-8(5-10(12)13)14-9(6)4-7/h1-4H,5H2,(H,12,13). The predicted molar refractivity (Wildman–Crippen MR) is 47.5 cm³/mol. The van der Waals surface area contributed by atoms with Crippen molar-refractivity contribution in [2.45, 2.75) is 6.42 Å².